The first-order valence-corrected chi connectivity index (χ1v) is 10.4. The molecule has 0 bridgehead atoms. The molecule has 0 saturated heterocycles. The molecule has 28 heavy (non-hydrogen) atoms. The molecule has 1 aromatic heterocycles. The second-order valence-corrected chi connectivity index (χ2v) is 7.76. The minimum atomic E-state index is -0.632. The van der Waals surface area contributed by atoms with E-state index >= 15 is 0 Å². The lowest BCUT2D eigenvalue weighted by Crippen LogP contribution is -2.17. The summed E-state index contributed by atoms with van der Waals surface area (Å²) >= 11 is 7.88. The van der Waals surface area contributed by atoms with Gasteiger partial charge in [-0.15, -0.1) is 10.2 Å². The van der Waals surface area contributed by atoms with Crippen molar-refractivity contribution in [2.24, 2.45) is 0 Å². The van der Waals surface area contributed by atoms with E-state index in [0.717, 1.165) is 29.8 Å². The van der Waals surface area contributed by atoms with Crippen molar-refractivity contribution in [3.63, 3.8) is 0 Å². The van der Waals surface area contributed by atoms with Gasteiger partial charge in [0.25, 0.3) is 0 Å². The van der Waals surface area contributed by atoms with Crippen LogP contribution in [0.15, 0.2) is 47.6 Å². The SMILES string of the molecule is CCCCSc1nnc2c(n1)O[C@H](c1cccc(O)c1Cl)Nc1ccccc1-2. The van der Waals surface area contributed by atoms with Gasteiger partial charge in [-0.25, -0.2) is 0 Å². The lowest BCUT2D eigenvalue weighted by molar-refractivity contribution is 0.225. The Morgan fingerprint density at radius 3 is 2.89 bits per heavy atom. The van der Waals surface area contributed by atoms with E-state index in [1.165, 1.54) is 6.07 Å². The van der Waals surface area contributed by atoms with Crippen LogP contribution < -0.4 is 10.1 Å². The molecular weight excluding hydrogens is 396 g/mol. The minimum Gasteiger partial charge on any atom is -0.506 e. The van der Waals surface area contributed by atoms with Gasteiger partial charge in [-0.05, 0) is 18.6 Å². The Labute approximate surface area is 172 Å². The number of rotatable bonds is 5. The van der Waals surface area contributed by atoms with Crippen molar-refractivity contribution < 1.29 is 9.84 Å². The Kier molecular flexibility index (Phi) is 5.54. The molecule has 2 N–H and O–H groups in total. The number of anilines is 1. The van der Waals surface area contributed by atoms with E-state index in [2.05, 4.69) is 27.4 Å². The molecule has 3 aromatic rings. The monoisotopic (exact) mass is 414 g/mol. The van der Waals surface area contributed by atoms with E-state index in [0.29, 0.717) is 22.3 Å². The van der Waals surface area contributed by atoms with Crippen molar-refractivity contribution in [2.45, 2.75) is 31.1 Å². The molecule has 4 rings (SSSR count). The van der Waals surface area contributed by atoms with Gasteiger partial charge in [0, 0.05) is 22.6 Å². The number of nitrogens with zero attached hydrogens (tertiary/aromatic N) is 3. The Hall–Kier alpha value is -2.51. The summed E-state index contributed by atoms with van der Waals surface area (Å²) in [6.07, 6.45) is 1.56. The molecule has 0 amide bonds. The summed E-state index contributed by atoms with van der Waals surface area (Å²) in [5.41, 5.74) is 2.86. The minimum absolute atomic E-state index is 0.000977. The third kappa shape index (κ3) is 3.72. The zero-order chi connectivity index (χ0) is 19.5. The summed E-state index contributed by atoms with van der Waals surface area (Å²) in [4.78, 5) is 4.59. The number of hydrogen-bond acceptors (Lipinski definition) is 7. The number of aromatic nitrogens is 3. The van der Waals surface area contributed by atoms with Crippen LogP contribution in [0.3, 0.4) is 0 Å². The van der Waals surface area contributed by atoms with Crippen molar-refractivity contribution in [2.75, 3.05) is 11.1 Å². The van der Waals surface area contributed by atoms with E-state index in [1.54, 1.807) is 23.9 Å². The average molecular weight is 415 g/mol. The number of thioether (sulfide) groups is 1. The van der Waals surface area contributed by atoms with Crippen molar-refractivity contribution in [1.29, 1.82) is 0 Å². The Morgan fingerprint density at radius 2 is 2.04 bits per heavy atom. The first-order chi connectivity index (χ1) is 13.7. The second kappa shape index (κ2) is 8.24. The number of phenolic OH excluding ortho intramolecular Hbond substituents is 1. The van der Waals surface area contributed by atoms with Gasteiger partial charge in [0.1, 0.15) is 5.75 Å². The summed E-state index contributed by atoms with van der Waals surface area (Å²) < 4.78 is 6.17. The Balaban J connectivity index is 1.77. The topological polar surface area (TPSA) is 80.2 Å². The maximum absolute atomic E-state index is 10.00. The molecule has 2 aromatic carbocycles. The van der Waals surface area contributed by atoms with Crippen molar-refractivity contribution >= 4 is 29.1 Å². The number of ether oxygens (including phenoxy) is 1. The molecule has 1 aliphatic heterocycles. The number of phenols is 1. The van der Waals surface area contributed by atoms with Crippen LogP contribution in [0, 0.1) is 0 Å². The summed E-state index contributed by atoms with van der Waals surface area (Å²) in [5, 5.41) is 22.8. The lowest BCUT2D eigenvalue weighted by Gasteiger charge is -2.20. The number of aromatic hydroxyl groups is 1. The molecular formula is C20H19ClN4O2S. The molecule has 0 fully saturated rings. The van der Waals surface area contributed by atoms with Crippen LogP contribution in [-0.4, -0.2) is 26.0 Å². The largest absolute Gasteiger partial charge is 0.506 e. The number of unbranched alkanes of at least 4 members (excludes halogenated alkanes) is 1. The summed E-state index contributed by atoms with van der Waals surface area (Å²) in [6, 6.07) is 12.8. The number of halogens is 1. The zero-order valence-electron chi connectivity index (χ0n) is 15.2. The van der Waals surface area contributed by atoms with Crippen molar-refractivity contribution in [1.82, 2.24) is 15.2 Å². The highest BCUT2D eigenvalue weighted by Crippen LogP contribution is 2.41. The van der Waals surface area contributed by atoms with Gasteiger partial charge in [0.05, 0.1) is 5.02 Å². The molecule has 0 unspecified atom stereocenters. The third-order valence-corrected chi connectivity index (χ3v) is 5.69. The molecule has 0 aliphatic carbocycles. The number of hydrogen-bond donors (Lipinski definition) is 2. The summed E-state index contributed by atoms with van der Waals surface area (Å²) in [7, 11) is 0. The molecule has 0 saturated carbocycles. The standard InChI is InChI=1S/C20H19ClN4O2S/c1-2-3-11-28-20-23-19-17(24-25-20)12-7-4-5-9-14(12)22-18(27-19)13-8-6-10-15(26)16(13)21/h4-10,18,22,26H,2-3,11H2,1H3/t18-/m1/s1. The Morgan fingerprint density at radius 1 is 1.18 bits per heavy atom. The fourth-order valence-corrected chi connectivity index (χ4v) is 3.98. The van der Waals surface area contributed by atoms with Crippen LogP contribution in [0.5, 0.6) is 11.6 Å². The first kappa shape index (κ1) is 18.8. The number of para-hydroxylation sites is 1. The van der Waals surface area contributed by atoms with Crippen LogP contribution in [-0.2, 0) is 0 Å². The van der Waals surface area contributed by atoms with Crippen LogP contribution in [0.25, 0.3) is 11.3 Å². The predicted molar refractivity (Wildman–Crippen MR) is 111 cm³/mol. The second-order valence-electron chi connectivity index (χ2n) is 6.32. The maximum Gasteiger partial charge on any atom is 0.247 e. The van der Waals surface area contributed by atoms with Gasteiger partial charge in [0.15, 0.2) is 11.9 Å². The predicted octanol–water partition coefficient (Wildman–Crippen LogP) is 5.29. The van der Waals surface area contributed by atoms with E-state index in [1.807, 2.05) is 24.3 Å². The Bertz CT molecular complexity index is 1000. The van der Waals surface area contributed by atoms with Gasteiger partial charge >= 0.3 is 0 Å². The highest BCUT2D eigenvalue weighted by atomic mass is 35.5. The molecule has 0 spiro atoms. The quantitative estimate of drug-likeness (QED) is 0.433. The highest BCUT2D eigenvalue weighted by molar-refractivity contribution is 7.99. The van der Waals surface area contributed by atoms with E-state index in [4.69, 9.17) is 16.3 Å². The van der Waals surface area contributed by atoms with Crippen LogP contribution in [0.2, 0.25) is 5.02 Å². The molecule has 1 atom stereocenters. The van der Waals surface area contributed by atoms with Crippen molar-refractivity contribution in [3.05, 3.63) is 53.1 Å². The fourth-order valence-electron chi connectivity index (χ4n) is 2.90. The molecule has 2 heterocycles. The van der Waals surface area contributed by atoms with Crippen LogP contribution >= 0.6 is 23.4 Å². The summed E-state index contributed by atoms with van der Waals surface area (Å²) in [6.45, 7) is 2.14. The van der Waals surface area contributed by atoms with Gasteiger partial charge in [0.2, 0.25) is 11.0 Å². The molecule has 6 nitrogen and oxygen atoms in total. The average Bonchev–Trinajstić information content (AvgIpc) is 2.86. The molecule has 144 valence electrons. The van der Waals surface area contributed by atoms with E-state index in [-0.39, 0.29) is 10.8 Å². The molecule has 8 heteroatoms. The molecule has 1 aliphatic rings. The van der Waals surface area contributed by atoms with Gasteiger partial charge in [-0.2, -0.15) is 4.98 Å². The zero-order valence-corrected chi connectivity index (χ0v) is 16.8. The van der Waals surface area contributed by atoms with Crippen LogP contribution in [0.1, 0.15) is 31.6 Å². The van der Waals surface area contributed by atoms with Gasteiger partial charge in [-0.3, -0.25) is 0 Å². The first-order valence-electron chi connectivity index (χ1n) is 9.05. The smallest absolute Gasteiger partial charge is 0.247 e. The number of nitrogens with one attached hydrogen (secondary N) is 1. The van der Waals surface area contributed by atoms with Crippen molar-refractivity contribution in [3.8, 4) is 22.9 Å². The normalized spacial score (nSPS) is 15.0. The van der Waals surface area contributed by atoms with E-state index in [9.17, 15) is 5.11 Å². The molecule has 0 radical (unpaired) electrons. The third-order valence-electron chi connectivity index (χ3n) is 4.35. The maximum atomic E-state index is 10.00. The summed E-state index contributed by atoms with van der Waals surface area (Å²) in [5.74, 6) is 1.31. The highest BCUT2D eigenvalue weighted by Gasteiger charge is 2.27. The van der Waals surface area contributed by atoms with Gasteiger partial charge in [-0.1, -0.05) is 67.0 Å². The fraction of sp³-hybridized carbons (Fsp3) is 0.250. The van der Waals surface area contributed by atoms with Gasteiger partial charge < -0.3 is 15.2 Å². The number of benzene rings is 2. The van der Waals surface area contributed by atoms with E-state index < -0.39 is 6.23 Å². The lowest BCUT2D eigenvalue weighted by atomic mass is 10.1. The van der Waals surface area contributed by atoms with Crippen LogP contribution in [0.4, 0.5) is 5.69 Å². The number of fused-ring (bicyclic) bond motifs is 3.